The zero-order valence-electron chi connectivity index (χ0n) is 15.2. The van der Waals surface area contributed by atoms with Crippen molar-refractivity contribution < 1.29 is 19.2 Å². The second-order valence-electron chi connectivity index (χ2n) is 6.10. The maximum absolute atomic E-state index is 12.1. The molecule has 8 nitrogen and oxygen atoms in total. The van der Waals surface area contributed by atoms with E-state index in [0.717, 1.165) is 17.2 Å². The number of nitro groups is 1. The fourth-order valence-electron chi connectivity index (χ4n) is 2.62. The Balaban J connectivity index is 1.58. The van der Waals surface area contributed by atoms with E-state index < -0.39 is 23.4 Å². The molecule has 8 heteroatoms. The molecule has 0 bridgehead atoms. The number of carbonyl (C=O) groups excluding carboxylic acids is 2. The standard InChI is InChI=1S/C21H17N3O5/c22-19-11-10-17(24(27)28)12-18(19)21(26)29-13-20(25)23-16-8-6-15(7-9-16)14-4-2-1-3-5-14/h1-12H,13,22H2,(H,23,25). The van der Waals surface area contributed by atoms with Gasteiger partial charge in [-0.1, -0.05) is 42.5 Å². The van der Waals surface area contributed by atoms with Crippen molar-refractivity contribution in [2.75, 3.05) is 17.7 Å². The molecule has 1 amide bonds. The lowest BCUT2D eigenvalue weighted by atomic mass is 10.1. The van der Waals surface area contributed by atoms with Gasteiger partial charge in [-0.3, -0.25) is 14.9 Å². The summed E-state index contributed by atoms with van der Waals surface area (Å²) >= 11 is 0. The average molecular weight is 391 g/mol. The molecule has 3 N–H and O–H groups in total. The number of esters is 1. The van der Waals surface area contributed by atoms with E-state index in [1.54, 1.807) is 12.1 Å². The number of benzene rings is 3. The highest BCUT2D eigenvalue weighted by Crippen LogP contribution is 2.22. The van der Waals surface area contributed by atoms with Gasteiger partial charge in [-0.15, -0.1) is 0 Å². The van der Waals surface area contributed by atoms with Gasteiger partial charge in [-0.25, -0.2) is 4.79 Å². The number of anilines is 2. The SMILES string of the molecule is Nc1ccc([N+](=O)[O-])cc1C(=O)OCC(=O)Nc1ccc(-c2ccccc2)cc1. The van der Waals surface area contributed by atoms with Gasteiger partial charge in [-0.05, 0) is 29.3 Å². The number of carbonyl (C=O) groups is 2. The number of nitrogens with two attached hydrogens (primary N) is 1. The van der Waals surface area contributed by atoms with E-state index in [4.69, 9.17) is 10.5 Å². The van der Waals surface area contributed by atoms with Gasteiger partial charge in [0, 0.05) is 23.5 Å². The molecule has 0 radical (unpaired) electrons. The van der Waals surface area contributed by atoms with Gasteiger partial charge < -0.3 is 15.8 Å². The lowest BCUT2D eigenvalue weighted by molar-refractivity contribution is -0.384. The number of hydrogen-bond acceptors (Lipinski definition) is 6. The number of nitro benzene ring substituents is 1. The van der Waals surface area contributed by atoms with Crippen molar-refractivity contribution >= 4 is 28.9 Å². The zero-order valence-corrected chi connectivity index (χ0v) is 15.2. The van der Waals surface area contributed by atoms with Gasteiger partial charge in [0.1, 0.15) is 0 Å². The third-order valence-electron chi connectivity index (χ3n) is 4.08. The second-order valence-corrected chi connectivity index (χ2v) is 6.10. The molecule has 3 aromatic carbocycles. The highest BCUT2D eigenvalue weighted by Gasteiger charge is 2.17. The molecule has 0 unspecified atom stereocenters. The van der Waals surface area contributed by atoms with E-state index in [9.17, 15) is 19.7 Å². The summed E-state index contributed by atoms with van der Waals surface area (Å²) < 4.78 is 4.92. The molecule has 3 aromatic rings. The summed E-state index contributed by atoms with van der Waals surface area (Å²) in [6.45, 7) is -0.554. The fourth-order valence-corrected chi connectivity index (χ4v) is 2.62. The second kappa shape index (κ2) is 8.66. The first-order valence-corrected chi connectivity index (χ1v) is 8.60. The lowest BCUT2D eigenvalue weighted by Crippen LogP contribution is -2.21. The largest absolute Gasteiger partial charge is 0.452 e. The summed E-state index contributed by atoms with van der Waals surface area (Å²) in [4.78, 5) is 34.3. The number of nitrogens with one attached hydrogen (secondary N) is 1. The third kappa shape index (κ3) is 4.95. The van der Waals surface area contributed by atoms with Crippen LogP contribution in [0.15, 0.2) is 72.8 Å². The molecule has 0 aliphatic rings. The van der Waals surface area contributed by atoms with Gasteiger partial charge in [0.05, 0.1) is 10.5 Å². The molecule has 3 rings (SSSR count). The number of nitrogen functional groups attached to an aromatic ring is 1. The van der Waals surface area contributed by atoms with E-state index in [-0.39, 0.29) is 16.9 Å². The first-order chi connectivity index (χ1) is 13.9. The molecule has 0 atom stereocenters. The topological polar surface area (TPSA) is 125 Å². The van der Waals surface area contributed by atoms with Gasteiger partial charge >= 0.3 is 5.97 Å². The highest BCUT2D eigenvalue weighted by molar-refractivity contribution is 5.98. The normalized spacial score (nSPS) is 10.2. The predicted molar refractivity (Wildman–Crippen MR) is 108 cm³/mol. The van der Waals surface area contributed by atoms with Crippen molar-refractivity contribution in [3.63, 3.8) is 0 Å². The summed E-state index contributed by atoms with van der Waals surface area (Å²) in [6, 6.07) is 20.4. The molecule has 0 aliphatic heterocycles. The highest BCUT2D eigenvalue weighted by atomic mass is 16.6. The minimum atomic E-state index is -0.916. The van der Waals surface area contributed by atoms with Crippen LogP contribution < -0.4 is 11.1 Å². The molecule has 29 heavy (non-hydrogen) atoms. The van der Waals surface area contributed by atoms with Crippen molar-refractivity contribution in [2.45, 2.75) is 0 Å². The first kappa shape index (κ1) is 19.6. The van der Waals surface area contributed by atoms with Crippen LogP contribution in [0, 0.1) is 10.1 Å². The Hall–Kier alpha value is -4.20. The van der Waals surface area contributed by atoms with Gasteiger partial charge in [-0.2, -0.15) is 0 Å². The summed E-state index contributed by atoms with van der Waals surface area (Å²) in [5, 5.41) is 13.4. The summed E-state index contributed by atoms with van der Waals surface area (Å²) in [5.74, 6) is -1.46. The third-order valence-corrected chi connectivity index (χ3v) is 4.08. The van der Waals surface area contributed by atoms with Crippen molar-refractivity contribution in [2.24, 2.45) is 0 Å². The van der Waals surface area contributed by atoms with Gasteiger partial charge in [0.15, 0.2) is 6.61 Å². The van der Waals surface area contributed by atoms with E-state index in [0.29, 0.717) is 5.69 Å². The zero-order chi connectivity index (χ0) is 20.8. The fraction of sp³-hybridized carbons (Fsp3) is 0.0476. The number of rotatable bonds is 6. The molecule has 0 heterocycles. The number of amides is 1. The van der Waals surface area contributed by atoms with Crippen LogP contribution in [0.1, 0.15) is 10.4 Å². The van der Waals surface area contributed by atoms with Gasteiger partial charge in [0.25, 0.3) is 11.6 Å². The molecule has 0 saturated heterocycles. The van der Waals surface area contributed by atoms with Gasteiger partial charge in [0.2, 0.25) is 0 Å². The van der Waals surface area contributed by atoms with Crippen molar-refractivity contribution in [3.05, 3.63) is 88.5 Å². The quantitative estimate of drug-likeness (QED) is 0.286. The Morgan fingerprint density at radius 1 is 0.966 bits per heavy atom. The monoisotopic (exact) mass is 391 g/mol. The Bertz CT molecular complexity index is 1050. The van der Waals surface area contributed by atoms with E-state index in [1.165, 1.54) is 12.1 Å². The number of hydrogen-bond donors (Lipinski definition) is 2. The summed E-state index contributed by atoms with van der Waals surface area (Å²) in [7, 11) is 0. The van der Waals surface area contributed by atoms with Crippen LogP contribution in [0.2, 0.25) is 0 Å². The number of ether oxygens (including phenoxy) is 1. The summed E-state index contributed by atoms with van der Waals surface area (Å²) in [5.41, 5.74) is 7.81. The molecule has 146 valence electrons. The molecule has 0 saturated carbocycles. The predicted octanol–water partition coefficient (Wildman–Crippen LogP) is 3.64. The van der Waals surface area contributed by atoms with Crippen LogP contribution in [0.5, 0.6) is 0 Å². The average Bonchev–Trinajstić information content (AvgIpc) is 2.73. The molecular weight excluding hydrogens is 374 g/mol. The maximum Gasteiger partial charge on any atom is 0.341 e. The Labute approximate surface area is 166 Å². The van der Waals surface area contributed by atoms with Crippen LogP contribution >= 0.6 is 0 Å². The van der Waals surface area contributed by atoms with E-state index in [1.807, 2.05) is 42.5 Å². The van der Waals surface area contributed by atoms with Crippen LogP contribution in [-0.4, -0.2) is 23.4 Å². The van der Waals surface area contributed by atoms with Crippen LogP contribution in [0.4, 0.5) is 17.1 Å². The van der Waals surface area contributed by atoms with Crippen LogP contribution in [0.25, 0.3) is 11.1 Å². The van der Waals surface area contributed by atoms with Crippen molar-refractivity contribution in [1.29, 1.82) is 0 Å². The number of nitrogens with zero attached hydrogens (tertiary/aromatic N) is 1. The molecule has 0 aliphatic carbocycles. The van der Waals surface area contributed by atoms with Crippen molar-refractivity contribution in [1.82, 2.24) is 0 Å². The van der Waals surface area contributed by atoms with Crippen LogP contribution in [0.3, 0.4) is 0 Å². The molecular formula is C21H17N3O5. The lowest BCUT2D eigenvalue weighted by Gasteiger charge is -2.09. The van der Waals surface area contributed by atoms with Crippen LogP contribution in [-0.2, 0) is 9.53 Å². The van der Waals surface area contributed by atoms with Crippen molar-refractivity contribution in [3.8, 4) is 11.1 Å². The number of non-ortho nitro benzene ring substituents is 1. The maximum atomic E-state index is 12.1. The van der Waals surface area contributed by atoms with E-state index >= 15 is 0 Å². The molecule has 0 aromatic heterocycles. The minimum Gasteiger partial charge on any atom is -0.452 e. The molecule has 0 fully saturated rings. The Kier molecular flexibility index (Phi) is 5.84. The summed E-state index contributed by atoms with van der Waals surface area (Å²) in [6.07, 6.45) is 0. The molecule has 0 spiro atoms. The first-order valence-electron chi connectivity index (χ1n) is 8.60. The Morgan fingerprint density at radius 2 is 1.62 bits per heavy atom. The Morgan fingerprint density at radius 3 is 2.28 bits per heavy atom. The minimum absolute atomic E-state index is 0.0255. The van der Waals surface area contributed by atoms with E-state index in [2.05, 4.69) is 5.32 Å². The smallest absolute Gasteiger partial charge is 0.341 e.